The van der Waals surface area contributed by atoms with E-state index in [0.717, 1.165) is 19.3 Å². The highest BCUT2D eigenvalue weighted by atomic mass is 16.5. The van der Waals surface area contributed by atoms with Gasteiger partial charge in [-0.05, 0) is 6.42 Å². The quantitative estimate of drug-likeness (QED) is 0.179. The van der Waals surface area contributed by atoms with Gasteiger partial charge in [0.05, 0.1) is 0 Å². The van der Waals surface area contributed by atoms with Crippen LogP contribution in [0, 0.1) is 0 Å². The number of carboxylic acid groups (broad SMARTS) is 1. The Kier molecular flexibility index (Phi) is 18.6. The van der Waals surface area contributed by atoms with E-state index in [-0.39, 0.29) is 0 Å². The van der Waals surface area contributed by atoms with Crippen molar-refractivity contribution in [2.45, 2.75) is 129 Å². The van der Waals surface area contributed by atoms with Crippen LogP contribution in [-0.2, 0) is 4.79 Å². The average Bonchev–Trinajstić information content (AvgIpc) is 2.59. The molecule has 0 aliphatic rings. The molecule has 0 bridgehead atoms. The van der Waals surface area contributed by atoms with Crippen molar-refractivity contribution in [2.24, 2.45) is 0 Å². The summed E-state index contributed by atoms with van der Waals surface area (Å²) in [5.41, 5.74) is 0. The molecule has 1 unspecified atom stereocenters. The van der Waals surface area contributed by atoms with E-state index >= 15 is 0 Å². The molecule has 0 heterocycles. The van der Waals surface area contributed by atoms with E-state index in [0.29, 0.717) is 6.42 Å². The molecule has 5 nitrogen and oxygen atoms in total. The molecule has 0 aliphatic carbocycles. The van der Waals surface area contributed by atoms with Gasteiger partial charge in [0.2, 0.25) is 6.41 Å². The van der Waals surface area contributed by atoms with Gasteiger partial charge < -0.3 is 15.3 Å². The second-order valence-corrected chi connectivity index (χ2v) is 7.52. The molecule has 0 fully saturated rings. The van der Waals surface area contributed by atoms with Gasteiger partial charge in [-0.25, -0.2) is 0 Å². The monoisotopic (exact) mass is 373 g/mol. The standard InChI is InChI=1S/C21H43NO4/c1-2-3-4-5-6-7-8-9-10-11-12-13-14-15-16-17-18-19(20(23)24)22-21(25)26/h19,21-22,25-26H,2-18H2,1H3,(H,23,24). The lowest BCUT2D eigenvalue weighted by Crippen LogP contribution is -2.43. The number of aliphatic hydroxyl groups excluding tert-OH is 1. The zero-order chi connectivity index (χ0) is 19.5. The van der Waals surface area contributed by atoms with Crippen LogP contribution in [0.2, 0.25) is 0 Å². The SMILES string of the molecule is CCCCCCCCCCCCCCCCCCC(NC(O)O)C(=O)O. The molecular formula is C21H43NO4. The minimum absolute atomic E-state index is 0.436. The second kappa shape index (κ2) is 19.1. The molecule has 0 aliphatic heterocycles. The fourth-order valence-corrected chi connectivity index (χ4v) is 3.35. The molecule has 26 heavy (non-hydrogen) atoms. The van der Waals surface area contributed by atoms with Crippen LogP contribution in [-0.4, -0.2) is 33.7 Å². The highest BCUT2D eigenvalue weighted by molar-refractivity contribution is 5.73. The fourth-order valence-electron chi connectivity index (χ4n) is 3.35. The van der Waals surface area contributed by atoms with Crippen LogP contribution in [0.15, 0.2) is 0 Å². The molecule has 0 aromatic carbocycles. The summed E-state index contributed by atoms with van der Waals surface area (Å²) >= 11 is 0. The number of hydrogen-bond donors (Lipinski definition) is 4. The number of rotatable bonds is 20. The van der Waals surface area contributed by atoms with E-state index in [1.54, 1.807) is 0 Å². The van der Waals surface area contributed by atoms with Crippen molar-refractivity contribution < 1.29 is 20.1 Å². The Morgan fingerprint density at radius 2 is 1.04 bits per heavy atom. The molecule has 0 spiro atoms. The van der Waals surface area contributed by atoms with Gasteiger partial charge in [-0.15, -0.1) is 0 Å². The van der Waals surface area contributed by atoms with Crippen LogP contribution < -0.4 is 5.32 Å². The third kappa shape index (κ3) is 18.2. The van der Waals surface area contributed by atoms with Gasteiger partial charge >= 0.3 is 5.97 Å². The Hall–Kier alpha value is -0.650. The highest BCUT2D eigenvalue weighted by Crippen LogP contribution is 2.14. The number of carboxylic acids is 1. The van der Waals surface area contributed by atoms with Gasteiger partial charge in [0.25, 0.3) is 0 Å². The molecule has 0 amide bonds. The number of carbonyl (C=O) groups is 1. The van der Waals surface area contributed by atoms with Crippen LogP contribution in [0.25, 0.3) is 0 Å². The lowest BCUT2D eigenvalue weighted by Gasteiger charge is -2.15. The summed E-state index contributed by atoms with van der Waals surface area (Å²) < 4.78 is 0. The number of aliphatic carboxylic acids is 1. The maximum Gasteiger partial charge on any atom is 0.320 e. The summed E-state index contributed by atoms with van der Waals surface area (Å²) in [5.74, 6) is -1.03. The van der Waals surface area contributed by atoms with Gasteiger partial charge in [-0.2, -0.15) is 0 Å². The Bertz CT molecular complexity index is 310. The van der Waals surface area contributed by atoms with E-state index in [9.17, 15) is 4.79 Å². The van der Waals surface area contributed by atoms with E-state index in [1.807, 2.05) is 0 Å². The van der Waals surface area contributed by atoms with Crippen LogP contribution >= 0.6 is 0 Å². The van der Waals surface area contributed by atoms with Crippen LogP contribution in [0.3, 0.4) is 0 Å². The molecule has 1 atom stereocenters. The third-order valence-electron chi connectivity index (χ3n) is 4.99. The Morgan fingerprint density at radius 3 is 1.35 bits per heavy atom. The van der Waals surface area contributed by atoms with Gasteiger partial charge in [0, 0.05) is 0 Å². The Morgan fingerprint density at radius 1 is 0.692 bits per heavy atom. The first-order chi connectivity index (χ1) is 12.6. The fraction of sp³-hybridized carbons (Fsp3) is 0.952. The van der Waals surface area contributed by atoms with E-state index < -0.39 is 18.4 Å². The van der Waals surface area contributed by atoms with Gasteiger partial charge in [-0.1, -0.05) is 110 Å². The minimum atomic E-state index is -1.77. The van der Waals surface area contributed by atoms with E-state index in [4.69, 9.17) is 15.3 Å². The summed E-state index contributed by atoms with van der Waals surface area (Å²) in [6, 6.07) is -0.873. The predicted octanol–water partition coefficient (Wildman–Crippen LogP) is 4.95. The molecule has 0 saturated heterocycles. The lowest BCUT2D eigenvalue weighted by molar-refractivity contribution is -0.145. The van der Waals surface area contributed by atoms with E-state index in [1.165, 1.54) is 83.5 Å². The summed E-state index contributed by atoms with van der Waals surface area (Å²) in [6.45, 7) is 2.26. The summed E-state index contributed by atoms with van der Waals surface area (Å²) in [6.07, 6.45) is 19.3. The van der Waals surface area contributed by atoms with Crippen LogP contribution in [0.5, 0.6) is 0 Å². The summed E-state index contributed by atoms with van der Waals surface area (Å²) in [7, 11) is 0. The molecule has 0 aromatic heterocycles. The molecule has 156 valence electrons. The van der Waals surface area contributed by atoms with Gasteiger partial charge in [0.15, 0.2) is 0 Å². The van der Waals surface area contributed by atoms with Gasteiger partial charge in [0.1, 0.15) is 6.04 Å². The molecule has 4 N–H and O–H groups in total. The smallest absolute Gasteiger partial charge is 0.320 e. The zero-order valence-electron chi connectivity index (χ0n) is 16.9. The third-order valence-corrected chi connectivity index (χ3v) is 4.99. The van der Waals surface area contributed by atoms with Crippen LogP contribution in [0.4, 0.5) is 0 Å². The maximum absolute atomic E-state index is 10.9. The first-order valence-corrected chi connectivity index (χ1v) is 10.9. The van der Waals surface area contributed by atoms with Crippen molar-refractivity contribution in [3.63, 3.8) is 0 Å². The Labute approximate surface area is 160 Å². The zero-order valence-corrected chi connectivity index (χ0v) is 16.9. The predicted molar refractivity (Wildman–Crippen MR) is 107 cm³/mol. The summed E-state index contributed by atoms with van der Waals surface area (Å²) in [4.78, 5) is 10.9. The number of unbranched alkanes of at least 4 members (excludes halogenated alkanes) is 15. The number of hydrogen-bond acceptors (Lipinski definition) is 4. The summed E-state index contributed by atoms with van der Waals surface area (Å²) in [5, 5.41) is 28.8. The molecule has 5 heteroatoms. The minimum Gasteiger partial charge on any atom is -0.480 e. The topological polar surface area (TPSA) is 89.8 Å². The van der Waals surface area contributed by atoms with Gasteiger partial charge in [-0.3, -0.25) is 10.1 Å². The van der Waals surface area contributed by atoms with Crippen molar-refractivity contribution in [3.05, 3.63) is 0 Å². The molecule has 0 rings (SSSR count). The molecular weight excluding hydrogens is 330 g/mol. The maximum atomic E-state index is 10.9. The van der Waals surface area contributed by atoms with Crippen molar-refractivity contribution in [3.8, 4) is 0 Å². The first kappa shape index (κ1) is 25.4. The van der Waals surface area contributed by atoms with E-state index in [2.05, 4.69) is 12.2 Å². The number of aliphatic hydroxyl groups is 2. The largest absolute Gasteiger partial charge is 0.480 e. The Balaban J connectivity index is 3.25. The van der Waals surface area contributed by atoms with Crippen LogP contribution in [0.1, 0.15) is 116 Å². The highest BCUT2D eigenvalue weighted by Gasteiger charge is 2.18. The average molecular weight is 374 g/mol. The normalized spacial score (nSPS) is 12.6. The van der Waals surface area contributed by atoms with Crippen molar-refractivity contribution in [1.82, 2.24) is 5.32 Å². The molecule has 0 saturated carbocycles. The second-order valence-electron chi connectivity index (χ2n) is 7.52. The molecule has 0 radical (unpaired) electrons. The van der Waals surface area contributed by atoms with Crippen molar-refractivity contribution in [1.29, 1.82) is 0 Å². The lowest BCUT2D eigenvalue weighted by atomic mass is 10.0. The number of nitrogens with one attached hydrogen (secondary N) is 1. The van der Waals surface area contributed by atoms with Crippen molar-refractivity contribution in [2.75, 3.05) is 0 Å². The first-order valence-electron chi connectivity index (χ1n) is 10.9. The van der Waals surface area contributed by atoms with Crippen molar-refractivity contribution >= 4 is 5.97 Å². The molecule has 0 aromatic rings.